The molecule has 2 aromatic rings. The molecule has 1 unspecified atom stereocenters. The third-order valence-corrected chi connectivity index (χ3v) is 6.01. The predicted octanol–water partition coefficient (Wildman–Crippen LogP) is 4.38. The molecular weight excluding hydrogens is 466 g/mol. The van der Waals surface area contributed by atoms with Crippen molar-refractivity contribution in [3.63, 3.8) is 0 Å². The molecule has 0 aliphatic heterocycles. The smallest absolute Gasteiger partial charge is 0.407 e. The Bertz CT molecular complexity index is 1120. The molecule has 0 radical (unpaired) electrons. The molecule has 0 spiro atoms. The van der Waals surface area contributed by atoms with E-state index in [0.717, 1.165) is 49.8 Å². The summed E-state index contributed by atoms with van der Waals surface area (Å²) in [7, 11) is -2.62. The van der Waals surface area contributed by atoms with Gasteiger partial charge in [-0.2, -0.15) is 13.2 Å². The van der Waals surface area contributed by atoms with E-state index in [2.05, 4.69) is 10.1 Å². The number of hydrogen-bond acceptors (Lipinski definition) is 6. The van der Waals surface area contributed by atoms with Gasteiger partial charge in [0.15, 0.2) is 9.84 Å². The van der Waals surface area contributed by atoms with Crippen LogP contribution < -0.4 is 5.32 Å². The number of hydrogen-bond donors (Lipinski definition) is 2. The molecule has 6 nitrogen and oxygen atoms in total. The molecule has 0 aromatic heterocycles. The first kappa shape index (κ1) is 26.6. The number of benzene rings is 2. The fraction of sp³-hybridized carbons (Fsp3) is 0.409. The second kappa shape index (κ2) is 10.1. The third-order valence-electron chi connectivity index (χ3n) is 4.90. The highest BCUT2D eigenvalue weighted by Gasteiger charge is 2.43. The number of nitrogens with one attached hydrogen (secondary N) is 1. The monoisotopic (exact) mass is 491 g/mol. The van der Waals surface area contributed by atoms with Gasteiger partial charge in [-0.05, 0) is 42.2 Å². The van der Waals surface area contributed by atoms with Gasteiger partial charge in [-0.25, -0.2) is 12.8 Å². The minimum absolute atomic E-state index is 0.0762. The second-order valence-electron chi connectivity index (χ2n) is 8.04. The molecule has 2 N–H and O–H groups in total. The number of phenolic OH excluding ortho intramolecular Hbond substituents is 1. The predicted molar refractivity (Wildman–Crippen MR) is 114 cm³/mol. The fourth-order valence-corrected chi connectivity index (χ4v) is 3.97. The van der Waals surface area contributed by atoms with Crippen LogP contribution in [0.1, 0.15) is 31.9 Å². The summed E-state index contributed by atoms with van der Waals surface area (Å²) in [5.41, 5.74) is -0.888. The highest BCUT2D eigenvalue weighted by atomic mass is 32.2. The van der Waals surface area contributed by atoms with E-state index in [1.54, 1.807) is 13.8 Å². The SMILES string of the molecule is COC(=O)[C@H](CC(C)C)NC(c1ccc(-c2cc(S(C)(=O)=O)ccc2F)c(O)c1)C(F)(F)F. The largest absolute Gasteiger partial charge is 0.507 e. The van der Waals surface area contributed by atoms with Crippen molar-refractivity contribution < 1.29 is 40.6 Å². The second-order valence-corrected chi connectivity index (χ2v) is 10.1. The van der Waals surface area contributed by atoms with Gasteiger partial charge in [0.1, 0.15) is 23.7 Å². The molecule has 11 heteroatoms. The van der Waals surface area contributed by atoms with E-state index in [9.17, 15) is 35.9 Å². The van der Waals surface area contributed by atoms with Crippen molar-refractivity contribution in [2.24, 2.45) is 5.92 Å². The number of methoxy groups -OCH3 is 1. The molecule has 0 amide bonds. The summed E-state index contributed by atoms with van der Waals surface area (Å²) in [6, 6.07) is 2.24. The van der Waals surface area contributed by atoms with Crippen LogP contribution in [-0.4, -0.2) is 45.1 Å². The van der Waals surface area contributed by atoms with Gasteiger partial charge in [0.05, 0.1) is 12.0 Å². The number of aromatic hydroxyl groups is 1. The van der Waals surface area contributed by atoms with E-state index < -0.39 is 51.2 Å². The lowest BCUT2D eigenvalue weighted by Crippen LogP contribution is -2.45. The van der Waals surface area contributed by atoms with Crippen LogP contribution >= 0.6 is 0 Å². The van der Waals surface area contributed by atoms with Crippen LogP contribution in [0, 0.1) is 11.7 Å². The van der Waals surface area contributed by atoms with Crippen LogP contribution in [0.3, 0.4) is 0 Å². The van der Waals surface area contributed by atoms with Gasteiger partial charge < -0.3 is 9.84 Å². The molecule has 0 aliphatic rings. The summed E-state index contributed by atoms with van der Waals surface area (Å²) in [6.45, 7) is 3.47. The number of ether oxygens (including phenoxy) is 1. The van der Waals surface area contributed by atoms with Crippen molar-refractivity contribution in [1.29, 1.82) is 0 Å². The van der Waals surface area contributed by atoms with Gasteiger partial charge in [0.2, 0.25) is 0 Å². The van der Waals surface area contributed by atoms with Gasteiger partial charge in [0, 0.05) is 17.4 Å². The molecule has 0 aliphatic carbocycles. The van der Waals surface area contributed by atoms with Crippen LogP contribution in [0.15, 0.2) is 41.3 Å². The number of esters is 1. The van der Waals surface area contributed by atoms with Crippen LogP contribution in [-0.2, 0) is 19.4 Å². The van der Waals surface area contributed by atoms with Crippen LogP contribution in [0.5, 0.6) is 5.75 Å². The molecule has 0 saturated heterocycles. The standard InChI is InChI=1S/C22H25F4NO5S/c1-12(2)9-18(21(29)32-3)27-20(22(24,25)26)13-5-7-15(19(28)10-13)16-11-14(33(4,30)31)6-8-17(16)23/h5-8,10-12,18,20,27-28H,9H2,1-4H3/t18-,20?/m0/s1. The summed E-state index contributed by atoms with van der Waals surface area (Å²) >= 11 is 0. The Morgan fingerprint density at radius 1 is 1.12 bits per heavy atom. The van der Waals surface area contributed by atoms with E-state index in [4.69, 9.17) is 0 Å². The van der Waals surface area contributed by atoms with Gasteiger partial charge in [0.25, 0.3) is 0 Å². The Morgan fingerprint density at radius 3 is 2.24 bits per heavy atom. The Morgan fingerprint density at radius 2 is 1.76 bits per heavy atom. The lowest BCUT2D eigenvalue weighted by molar-refractivity contribution is -0.164. The Balaban J connectivity index is 2.51. The summed E-state index contributed by atoms with van der Waals surface area (Å²) in [6.07, 6.45) is -3.84. The van der Waals surface area contributed by atoms with Crippen molar-refractivity contribution in [1.82, 2.24) is 5.32 Å². The van der Waals surface area contributed by atoms with Gasteiger partial charge in [-0.15, -0.1) is 0 Å². The molecule has 0 saturated carbocycles. The molecule has 0 bridgehead atoms. The normalized spacial score (nSPS) is 14.2. The Labute approximate surface area is 189 Å². The van der Waals surface area contributed by atoms with E-state index in [1.165, 1.54) is 0 Å². The lowest BCUT2D eigenvalue weighted by Gasteiger charge is -2.27. The maximum Gasteiger partial charge on any atom is 0.407 e. The lowest BCUT2D eigenvalue weighted by atomic mass is 9.97. The molecular formula is C22H25F4NO5S. The van der Waals surface area contributed by atoms with E-state index in [0.29, 0.717) is 0 Å². The van der Waals surface area contributed by atoms with Gasteiger partial charge >= 0.3 is 12.1 Å². The zero-order valence-electron chi connectivity index (χ0n) is 18.4. The molecule has 33 heavy (non-hydrogen) atoms. The summed E-state index contributed by atoms with van der Waals surface area (Å²) in [5.74, 6) is -2.53. The number of phenols is 1. The maximum absolute atomic E-state index is 14.3. The molecule has 182 valence electrons. The first-order valence-corrected chi connectivity index (χ1v) is 11.8. The van der Waals surface area contributed by atoms with Crippen molar-refractivity contribution in [2.45, 2.75) is 43.4 Å². The summed E-state index contributed by atoms with van der Waals surface area (Å²) in [4.78, 5) is 11.8. The number of halogens is 4. The van der Waals surface area contributed by atoms with Crippen molar-refractivity contribution in [2.75, 3.05) is 13.4 Å². The van der Waals surface area contributed by atoms with Crippen molar-refractivity contribution >= 4 is 15.8 Å². The van der Waals surface area contributed by atoms with E-state index in [1.807, 2.05) is 0 Å². The van der Waals surface area contributed by atoms with E-state index >= 15 is 0 Å². The van der Waals surface area contributed by atoms with Crippen LogP contribution in [0.4, 0.5) is 17.6 Å². The number of carbonyl (C=O) groups excluding carboxylic acids is 1. The Hall–Kier alpha value is -2.66. The molecule has 0 fully saturated rings. The minimum atomic E-state index is -4.83. The first-order valence-electron chi connectivity index (χ1n) is 9.88. The fourth-order valence-electron chi connectivity index (χ4n) is 3.32. The van der Waals surface area contributed by atoms with Crippen molar-refractivity contribution in [3.05, 3.63) is 47.8 Å². The topological polar surface area (TPSA) is 92.7 Å². The summed E-state index contributed by atoms with van der Waals surface area (Å²) in [5, 5.41) is 12.7. The van der Waals surface area contributed by atoms with E-state index in [-0.39, 0.29) is 28.4 Å². The number of alkyl halides is 3. The zero-order chi connectivity index (χ0) is 25.1. The molecule has 2 atom stereocenters. The zero-order valence-corrected chi connectivity index (χ0v) is 19.2. The Kier molecular flexibility index (Phi) is 8.13. The maximum atomic E-state index is 14.3. The summed E-state index contributed by atoms with van der Waals surface area (Å²) < 4.78 is 84.0. The van der Waals surface area contributed by atoms with Crippen LogP contribution in [0.25, 0.3) is 11.1 Å². The quantitative estimate of drug-likeness (QED) is 0.323. The van der Waals surface area contributed by atoms with Gasteiger partial charge in [-0.3, -0.25) is 10.1 Å². The highest BCUT2D eigenvalue weighted by molar-refractivity contribution is 7.90. The third kappa shape index (κ3) is 6.67. The average Bonchev–Trinajstić information content (AvgIpc) is 2.69. The molecule has 2 rings (SSSR count). The molecule has 0 heterocycles. The molecule has 2 aromatic carbocycles. The van der Waals surface area contributed by atoms with Crippen LogP contribution in [0.2, 0.25) is 0 Å². The number of sulfone groups is 1. The first-order chi connectivity index (χ1) is 15.1. The average molecular weight is 492 g/mol. The van der Waals surface area contributed by atoms with Crippen molar-refractivity contribution in [3.8, 4) is 16.9 Å². The number of carbonyl (C=O) groups is 1. The number of rotatable bonds is 8. The van der Waals surface area contributed by atoms with Gasteiger partial charge in [-0.1, -0.05) is 26.0 Å². The highest BCUT2D eigenvalue weighted by Crippen LogP contribution is 2.39. The minimum Gasteiger partial charge on any atom is -0.507 e.